The summed E-state index contributed by atoms with van der Waals surface area (Å²) in [6.45, 7) is 2.92. The highest BCUT2D eigenvalue weighted by Crippen LogP contribution is 2.20. The van der Waals surface area contributed by atoms with Gasteiger partial charge in [-0.1, -0.05) is 5.16 Å². The molecule has 1 aliphatic rings. The fourth-order valence-corrected chi connectivity index (χ4v) is 2.86. The summed E-state index contributed by atoms with van der Waals surface area (Å²) in [5.41, 5.74) is 1.01. The van der Waals surface area contributed by atoms with E-state index in [1.54, 1.807) is 11.3 Å². The van der Waals surface area contributed by atoms with Gasteiger partial charge in [0.1, 0.15) is 0 Å². The molecule has 2 aromatic rings. The van der Waals surface area contributed by atoms with Crippen molar-refractivity contribution in [2.45, 2.75) is 19.0 Å². The third-order valence-corrected chi connectivity index (χ3v) is 3.97. The van der Waals surface area contributed by atoms with Gasteiger partial charge < -0.3 is 9.84 Å². The van der Waals surface area contributed by atoms with Crippen LogP contribution in [0.4, 0.5) is 0 Å². The van der Waals surface area contributed by atoms with Crippen LogP contribution in [0.2, 0.25) is 0 Å². The molecular formula is C12H16N4OS. The van der Waals surface area contributed by atoms with E-state index in [0.717, 1.165) is 31.0 Å². The maximum Gasteiger partial charge on any atom is 0.258 e. The first-order valence-electron chi connectivity index (χ1n) is 6.10. The normalized spacial score (nSPS) is 20.6. The zero-order valence-electron chi connectivity index (χ0n) is 10.3. The van der Waals surface area contributed by atoms with Crippen molar-refractivity contribution in [1.82, 2.24) is 20.4 Å². The molecule has 1 unspecified atom stereocenters. The molecule has 1 saturated heterocycles. The van der Waals surface area contributed by atoms with Gasteiger partial charge in [-0.25, -0.2) is 0 Å². The molecule has 0 bridgehead atoms. The second-order valence-corrected chi connectivity index (χ2v) is 5.32. The van der Waals surface area contributed by atoms with Crippen LogP contribution in [0.25, 0.3) is 11.5 Å². The van der Waals surface area contributed by atoms with Crippen molar-refractivity contribution >= 4 is 11.3 Å². The van der Waals surface area contributed by atoms with Gasteiger partial charge in [0, 0.05) is 24.5 Å². The number of likely N-dealkylation sites (tertiary alicyclic amines) is 1. The molecule has 0 aliphatic carbocycles. The zero-order valence-corrected chi connectivity index (χ0v) is 11.1. The minimum atomic E-state index is 0.591. The Hall–Kier alpha value is -1.24. The summed E-state index contributed by atoms with van der Waals surface area (Å²) in [7, 11) is 2.01. The summed E-state index contributed by atoms with van der Waals surface area (Å²) in [6.07, 6.45) is 1.19. The Labute approximate surface area is 110 Å². The second-order valence-electron chi connectivity index (χ2n) is 4.54. The van der Waals surface area contributed by atoms with E-state index in [4.69, 9.17) is 4.52 Å². The Balaban J connectivity index is 1.64. The molecule has 3 heterocycles. The Morgan fingerprint density at radius 3 is 3.28 bits per heavy atom. The van der Waals surface area contributed by atoms with E-state index < -0.39 is 0 Å². The van der Waals surface area contributed by atoms with Gasteiger partial charge in [0.05, 0.1) is 12.1 Å². The lowest BCUT2D eigenvalue weighted by Crippen LogP contribution is -2.29. The number of nitrogens with one attached hydrogen (secondary N) is 1. The van der Waals surface area contributed by atoms with Gasteiger partial charge in [-0.3, -0.25) is 4.90 Å². The van der Waals surface area contributed by atoms with Crippen molar-refractivity contribution in [2.24, 2.45) is 0 Å². The summed E-state index contributed by atoms with van der Waals surface area (Å²) >= 11 is 1.63. The third kappa shape index (κ3) is 2.45. The van der Waals surface area contributed by atoms with Crippen LogP contribution in [0.3, 0.4) is 0 Å². The minimum Gasteiger partial charge on any atom is -0.334 e. The lowest BCUT2D eigenvalue weighted by molar-refractivity contribution is 0.305. The monoisotopic (exact) mass is 264 g/mol. The van der Waals surface area contributed by atoms with Crippen LogP contribution < -0.4 is 5.32 Å². The predicted octanol–water partition coefficient (Wildman–Crippen LogP) is 1.59. The molecule has 0 spiro atoms. The third-order valence-electron chi connectivity index (χ3n) is 3.28. The number of hydrogen-bond acceptors (Lipinski definition) is 6. The lowest BCUT2D eigenvalue weighted by Gasteiger charge is -2.12. The Morgan fingerprint density at radius 1 is 1.61 bits per heavy atom. The van der Waals surface area contributed by atoms with Crippen LogP contribution in [-0.4, -0.2) is 41.2 Å². The fraction of sp³-hybridized carbons (Fsp3) is 0.500. The van der Waals surface area contributed by atoms with E-state index in [1.807, 2.05) is 23.9 Å². The Kier molecular flexibility index (Phi) is 3.40. The molecule has 0 radical (unpaired) electrons. The summed E-state index contributed by atoms with van der Waals surface area (Å²) in [4.78, 5) is 6.78. The van der Waals surface area contributed by atoms with Crippen LogP contribution in [-0.2, 0) is 6.54 Å². The smallest absolute Gasteiger partial charge is 0.258 e. The summed E-state index contributed by atoms with van der Waals surface area (Å²) in [5.74, 6) is 1.39. The first-order chi connectivity index (χ1) is 8.85. The molecule has 0 amide bonds. The van der Waals surface area contributed by atoms with Crippen LogP contribution >= 0.6 is 11.3 Å². The van der Waals surface area contributed by atoms with E-state index >= 15 is 0 Å². The molecule has 1 atom stereocenters. The average Bonchev–Trinajstić information content (AvgIpc) is 3.10. The number of aromatic nitrogens is 2. The molecule has 0 aromatic carbocycles. The standard InChI is InChI=1S/C12H16N4OS/c1-13-10-2-4-16(6-10)7-11-14-12(17-15-11)9-3-5-18-8-9/h3,5,8,10,13H,2,4,6-7H2,1H3. The SMILES string of the molecule is CNC1CCN(Cc2noc(-c3ccsc3)n2)C1. The maximum atomic E-state index is 5.28. The molecule has 5 nitrogen and oxygen atoms in total. The van der Waals surface area contributed by atoms with Crippen molar-refractivity contribution in [3.8, 4) is 11.5 Å². The molecule has 18 heavy (non-hydrogen) atoms. The molecule has 2 aromatic heterocycles. The van der Waals surface area contributed by atoms with E-state index in [2.05, 4.69) is 20.4 Å². The maximum absolute atomic E-state index is 5.28. The zero-order chi connectivity index (χ0) is 12.4. The lowest BCUT2D eigenvalue weighted by atomic mass is 10.3. The van der Waals surface area contributed by atoms with Crippen LogP contribution in [0, 0.1) is 0 Å². The van der Waals surface area contributed by atoms with E-state index in [1.165, 1.54) is 6.42 Å². The van der Waals surface area contributed by atoms with E-state index in [0.29, 0.717) is 11.9 Å². The van der Waals surface area contributed by atoms with Gasteiger partial charge in [-0.05, 0) is 24.9 Å². The number of nitrogens with zero attached hydrogens (tertiary/aromatic N) is 3. The van der Waals surface area contributed by atoms with Gasteiger partial charge in [-0.2, -0.15) is 16.3 Å². The highest BCUT2D eigenvalue weighted by molar-refractivity contribution is 7.08. The molecule has 1 N–H and O–H groups in total. The predicted molar refractivity (Wildman–Crippen MR) is 70.4 cm³/mol. The summed E-state index contributed by atoms with van der Waals surface area (Å²) in [5, 5.41) is 11.4. The molecule has 6 heteroatoms. The topological polar surface area (TPSA) is 54.2 Å². The van der Waals surface area contributed by atoms with Gasteiger partial charge >= 0.3 is 0 Å². The minimum absolute atomic E-state index is 0.591. The average molecular weight is 264 g/mol. The van der Waals surface area contributed by atoms with Crippen LogP contribution in [0.15, 0.2) is 21.3 Å². The van der Waals surface area contributed by atoms with Crippen molar-refractivity contribution in [3.63, 3.8) is 0 Å². The summed E-state index contributed by atoms with van der Waals surface area (Å²) in [6, 6.07) is 2.59. The molecule has 3 rings (SSSR count). The highest BCUT2D eigenvalue weighted by Gasteiger charge is 2.22. The number of likely N-dealkylation sites (N-methyl/N-ethyl adjacent to an activating group) is 1. The van der Waals surface area contributed by atoms with Gasteiger partial charge in [0.25, 0.3) is 5.89 Å². The highest BCUT2D eigenvalue weighted by atomic mass is 32.1. The van der Waals surface area contributed by atoms with Crippen LogP contribution in [0.5, 0.6) is 0 Å². The summed E-state index contributed by atoms with van der Waals surface area (Å²) < 4.78 is 5.28. The quantitative estimate of drug-likeness (QED) is 0.909. The van der Waals surface area contributed by atoms with E-state index in [-0.39, 0.29) is 0 Å². The van der Waals surface area contributed by atoms with Crippen molar-refractivity contribution in [2.75, 3.05) is 20.1 Å². The van der Waals surface area contributed by atoms with Gasteiger partial charge in [-0.15, -0.1) is 0 Å². The van der Waals surface area contributed by atoms with Gasteiger partial charge in [0.2, 0.25) is 0 Å². The molecule has 1 fully saturated rings. The first kappa shape index (κ1) is 11.8. The molecule has 0 saturated carbocycles. The van der Waals surface area contributed by atoms with Crippen molar-refractivity contribution < 1.29 is 4.52 Å². The number of rotatable bonds is 4. The van der Waals surface area contributed by atoms with Crippen molar-refractivity contribution in [3.05, 3.63) is 22.7 Å². The largest absolute Gasteiger partial charge is 0.334 e. The van der Waals surface area contributed by atoms with Crippen molar-refractivity contribution in [1.29, 1.82) is 0 Å². The van der Waals surface area contributed by atoms with Crippen LogP contribution in [0.1, 0.15) is 12.2 Å². The van der Waals surface area contributed by atoms with Gasteiger partial charge in [0.15, 0.2) is 5.82 Å². The van der Waals surface area contributed by atoms with E-state index in [9.17, 15) is 0 Å². The first-order valence-corrected chi connectivity index (χ1v) is 7.04. The molecule has 1 aliphatic heterocycles. The Bertz CT molecular complexity index is 496. The number of thiophene rings is 1. The fourth-order valence-electron chi connectivity index (χ4n) is 2.23. The second kappa shape index (κ2) is 5.17. The Morgan fingerprint density at radius 2 is 2.56 bits per heavy atom. The number of hydrogen-bond donors (Lipinski definition) is 1. The molecule has 96 valence electrons. The molecular weight excluding hydrogens is 248 g/mol.